The number of esters is 1. The molecule has 0 saturated heterocycles. The van der Waals surface area contributed by atoms with Gasteiger partial charge in [-0.3, -0.25) is 0 Å². The molecule has 8 heteroatoms. The van der Waals surface area contributed by atoms with E-state index in [-0.39, 0.29) is 6.61 Å². The van der Waals surface area contributed by atoms with E-state index >= 15 is 0 Å². The zero-order valence-corrected chi connectivity index (χ0v) is 16.4. The van der Waals surface area contributed by atoms with E-state index in [9.17, 15) is 4.79 Å². The second kappa shape index (κ2) is 10.7. The van der Waals surface area contributed by atoms with Crippen LogP contribution in [0, 0.1) is 0 Å². The molecule has 0 aliphatic rings. The lowest BCUT2D eigenvalue weighted by molar-refractivity contribution is -0.142. The van der Waals surface area contributed by atoms with Crippen LogP contribution in [-0.4, -0.2) is 47.2 Å². The molecular weight excluding hydrogens is 364 g/mol. The first kappa shape index (κ1) is 20.9. The van der Waals surface area contributed by atoms with Gasteiger partial charge in [0.1, 0.15) is 0 Å². The number of hydrogen-bond donors (Lipinski definition) is 1. The highest BCUT2D eigenvalue weighted by molar-refractivity contribution is 5.80. The van der Waals surface area contributed by atoms with Crippen LogP contribution in [0.4, 0.5) is 0 Å². The third-order valence-corrected chi connectivity index (χ3v) is 3.80. The average molecular weight is 388 g/mol. The number of nitrogens with zero attached hydrogens (tertiary/aromatic N) is 1. The van der Waals surface area contributed by atoms with Crippen LogP contribution in [0.3, 0.4) is 0 Å². The van der Waals surface area contributed by atoms with Crippen molar-refractivity contribution in [3.05, 3.63) is 47.5 Å². The Balaban J connectivity index is 1.95. The van der Waals surface area contributed by atoms with Crippen molar-refractivity contribution in [2.45, 2.75) is 6.54 Å². The summed E-state index contributed by atoms with van der Waals surface area (Å²) >= 11 is 0. The number of rotatable bonds is 10. The molecule has 0 aliphatic heterocycles. The Kier molecular flexibility index (Phi) is 7.95. The van der Waals surface area contributed by atoms with Crippen molar-refractivity contribution < 1.29 is 28.5 Å². The van der Waals surface area contributed by atoms with E-state index in [1.807, 2.05) is 18.2 Å². The van der Waals surface area contributed by atoms with Crippen LogP contribution >= 0.6 is 0 Å². The Hall–Kier alpha value is -3.42. The molecule has 150 valence electrons. The number of carbonyl (C=O) groups excluding carboxylic acids is 1. The highest BCUT2D eigenvalue weighted by atomic mass is 16.6. The van der Waals surface area contributed by atoms with E-state index in [1.54, 1.807) is 38.6 Å². The molecule has 0 spiro atoms. The molecule has 0 aliphatic carbocycles. The summed E-state index contributed by atoms with van der Waals surface area (Å²) in [6, 6.07) is 10.9. The molecule has 0 fully saturated rings. The zero-order chi connectivity index (χ0) is 20.4. The molecule has 0 radical (unpaired) electrons. The third kappa shape index (κ3) is 5.80. The highest BCUT2D eigenvalue weighted by Crippen LogP contribution is 2.28. The van der Waals surface area contributed by atoms with Crippen LogP contribution in [0.1, 0.15) is 11.1 Å². The summed E-state index contributed by atoms with van der Waals surface area (Å²) in [4.78, 5) is 11.2. The summed E-state index contributed by atoms with van der Waals surface area (Å²) in [6.45, 7) is 0.335. The summed E-state index contributed by atoms with van der Waals surface area (Å²) in [6.07, 6.45) is 1.66. The minimum Gasteiger partial charge on any atom is -0.493 e. The Bertz CT molecular complexity index is 822. The van der Waals surface area contributed by atoms with Gasteiger partial charge in [0, 0.05) is 0 Å². The number of carbonyl (C=O) groups is 1. The van der Waals surface area contributed by atoms with Gasteiger partial charge in [0.05, 0.1) is 41.2 Å². The maximum absolute atomic E-state index is 11.2. The molecule has 2 rings (SSSR count). The predicted octanol–water partition coefficient (Wildman–Crippen LogP) is 2.39. The van der Waals surface area contributed by atoms with E-state index < -0.39 is 5.97 Å². The van der Waals surface area contributed by atoms with Gasteiger partial charge in [-0.05, 0) is 41.5 Å². The molecule has 2 aromatic carbocycles. The summed E-state index contributed by atoms with van der Waals surface area (Å²) in [5.74, 6) is 1.82. The molecule has 0 unspecified atom stereocenters. The first-order valence-electron chi connectivity index (χ1n) is 8.45. The molecular formula is C20H24N2O6. The summed E-state index contributed by atoms with van der Waals surface area (Å²) in [5.41, 5.74) is 4.79. The maximum Gasteiger partial charge on any atom is 0.343 e. The minimum absolute atomic E-state index is 0.187. The van der Waals surface area contributed by atoms with Gasteiger partial charge in [-0.1, -0.05) is 6.07 Å². The number of hydrogen-bond acceptors (Lipinski definition) is 8. The van der Waals surface area contributed by atoms with Gasteiger partial charge in [-0.25, -0.2) is 4.79 Å². The highest BCUT2D eigenvalue weighted by Gasteiger charge is 2.08. The predicted molar refractivity (Wildman–Crippen MR) is 104 cm³/mol. The van der Waals surface area contributed by atoms with Gasteiger partial charge in [-0.2, -0.15) is 5.10 Å². The molecule has 0 aromatic heterocycles. The van der Waals surface area contributed by atoms with E-state index in [2.05, 4.69) is 15.3 Å². The number of hydrazone groups is 1. The van der Waals surface area contributed by atoms with Gasteiger partial charge >= 0.3 is 5.97 Å². The molecule has 0 atom stereocenters. The van der Waals surface area contributed by atoms with Gasteiger partial charge < -0.3 is 29.1 Å². The number of ether oxygens (including phenoxy) is 5. The Morgan fingerprint density at radius 1 is 0.929 bits per heavy atom. The lowest BCUT2D eigenvalue weighted by Gasteiger charge is -2.10. The third-order valence-electron chi connectivity index (χ3n) is 3.80. The van der Waals surface area contributed by atoms with Crippen LogP contribution in [0.15, 0.2) is 41.5 Å². The Morgan fingerprint density at radius 3 is 2.29 bits per heavy atom. The number of nitrogens with one attached hydrogen (secondary N) is 1. The van der Waals surface area contributed by atoms with Crippen LogP contribution in [0.5, 0.6) is 23.0 Å². The number of benzene rings is 2. The molecule has 2 aromatic rings. The van der Waals surface area contributed by atoms with Crippen LogP contribution in [0.25, 0.3) is 0 Å². The largest absolute Gasteiger partial charge is 0.493 e. The molecule has 0 bridgehead atoms. The lowest BCUT2D eigenvalue weighted by Crippen LogP contribution is -2.13. The molecule has 28 heavy (non-hydrogen) atoms. The van der Waals surface area contributed by atoms with Crippen molar-refractivity contribution in [2.75, 3.05) is 35.0 Å². The zero-order valence-electron chi connectivity index (χ0n) is 16.4. The van der Waals surface area contributed by atoms with Crippen molar-refractivity contribution >= 4 is 12.2 Å². The first-order chi connectivity index (χ1) is 13.6. The fraction of sp³-hybridized carbons (Fsp3) is 0.300. The van der Waals surface area contributed by atoms with Crippen molar-refractivity contribution in [3.8, 4) is 23.0 Å². The molecule has 0 saturated carbocycles. The van der Waals surface area contributed by atoms with Gasteiger partial charge in [0.2, 0.25) is 0 Å². The summed E-state index contributed by atoms with van der Waals surface area (Å²) in [7, 11) is 6.02. The standard InChI is InChI=1S/C20H24N2O6/c1-24-16-7-5-14(9-18(16)25-2)11-21-22-12-15-6-8-17(19(10-15)26-3)28-13-20(23)27-4/h5-10,12,21H,11,13H2,1-4H3/b22-12-. The number of methoxy groups -OCH3 is 4. The molecule has 0 heterocycles. The molecule has 8 nitrogen and oxygen atoms in total. The van der Waals surface area contributed by atoms with E-state index in [1.165, 1.54) is 14.2 Å². The fourth-order valence-corrected chi connectivity index (χ4v) is 2.33. The average Bonchev–Trinajstić information content (AvgIpc) is 2.74. The maximum atomic E-state index is 11.2. The van der Waals surface area contributed by atoms with E-state index in [0.29, 0.717) is 29.5 Å². The molecule has 1 N–H and O–H groups in total. The Morgan fingerprint density at radius 2 is 1.61 bits per heavy atom. The molecule has 0 amide bonds. The van der Waals surface area contributed by atoms with Gasteiger partial charge in [0.15, 0.2) is 29.6 Å². The van der Waals surface area contributed by atoms with Crippen molar-refractivity contribution in [1.29, 1.82) is 0 Å². The van der Waals surface area contributed by atoms with E-state index in [0.717, 1.165) is 11.1 Å². The van der Waals surface area contributed by atoms with Crippen molar-refractivity contribution in [1.82, 2.24) is 5.43 Å². The fourth-order valence-electron chi connectivity index (χ4n) is 2.33. The second-order valence-corrected chi connectivity index (χ2v) is 5.56. The van der Waals surface area contributed by atoms with Crippen molar-refractivity contribution in [2.24, 2.45) is 5.10 Å². The lowest BCUT2D eigenvalue weighted by atomic mass is 10.2. The minimum atomic E-state index is -0.466. The summed E-state index contributed by atoms with van der Waals surface area (Å²) < 4.78 is 25.7. The van der Waals surface area contributed by atoms with Crippen LogP contribution in [-0.2, 0) is 16.1 Å². The normalized spacial score (nSPS) is 10.4. The topological polar surface area (TPSA) is 87.6 Å². The quantitative estimate of drug-likeness (QED) is 0.380. The first-order valence-corrected chi connectivity index (χ1v) is 8.45. The van der Waals surface area contributed by atoms with Gasteiger partial charge in [0.25, 0.3) is 0 Å². The van der Waals surface area contributed by atoms with Gasteiger partial charge in [-0.15, -0.1) is 0 Å². The van der Waals surface area contributed by atoms with Crippen LogP contribution < -0.4 is 24.4 Å². The summed E-state index contributed by atoms with van der Waals surface area (Å²) in [5, 5.41) is 4.21. The smallest absolute Gasteiger partial charge is 0.343 e. The SMILES string of the molecule is COC(=O)COc1ccc(/C=N\NCc2ccc(OC)c(OC)c2)cc1OC. The van der Waals surface area contributed by atoms with Crippen LogP contribution in [0.2, 0.25) is 0 Å². The van der Waals surface area contributed by atoms with E-state index in [4.69, 9.17) is 18.9 Å². The van der Waals surface area contributed by atoms with Crippen molar-refractivity contribution in [3.63, 3.8) is 0 Å². The Labute approximate surface area is 164 Å². The second-order valence-electron chi connectivity index (χ2n) is 5.56. The monoisotopic (exact) mass is 388 g/mol.